The number of nitrogens with zero attached hydrogens (tertiary/aromatic N) is 1. The van der Waals surface area contributed by atoms with Gasteiger partial charge in [-0.25, -0.2) is 0 Å². The van der Waals surface area contributed by atoms with E-state index in [4.69, 9.17) is 17.3 Å². The van der Waals surface area contributed by atoms with Crippen molar-refractivity contribution in [2.75, 3.05) is 18.4 Å². The molecule has 1 saturated heterocycles. The number of amides is 2. The van der Waals surface area contributed by atoms with Crippen LogP contribution in [0.2, 0.25) is 5.02 Å². The summed E-state index contributed by atoms with van der Waals surface area (Å²) in [6.45, 7) is 3.27. The van der Waals surface area contributed by atoms with Crippen molar-refractivity contribution in [3.05, 3.63) is 51.2 Å². The van der Waals surface area contributed by atoms with Crippen molar-refractivity contribution < 1.29 is 9.59 Å². The molecular weight excluding hydrogens is 358 g/mol. The minimum atomic E-state index is -0.237. The lowest BCUT2D eigenvalue weighted by Gasteiger charge is -2.22. The number of hydrogen-bond acceptors (Lipinski definition) is 4. The van der Waals surface area contributed by atoms with Crippen LogP contribution >= 0.6 is 22.9 Å². The SMILES string of the molecule is CC1CC(CN)CN1C(=O)c1ccc(Cl)c(NC(=O)c2cccs2)c1. The number of thiophene rings is 1. The van der Waals surface area contributed by atoms with Crippen LogP contribution in [0.25, 0.3) is 0 Å². The summed E-state index contributed by atoms with van der Waals surface area (Å²) in [6, 6.07) is 8.67. The van der Waals surface area contributed by atoms with E-state index < -0.39 is 0 Å². The zero-order valence-electron chi connectivity index (χ0n) is 13.9. The minimum absolute atomic E-state index is 0.0632. The molecule has 0 spiro atoms. The van der Waals surface area contributed by atoms with Gasteiger partial charge in [-0.05, 0) is 55.5 Å². The van der Waals surface area contributed by atoms with Crippen molar-refractivity contribution in [3.63, 3.8) is 0 Å². The molecule has 132 valence electrons. The Balaban J connectivity index is 1.79. The zero-order chi connectivity index (χ0) is 18.0. The monoisotopic (exact) mass is 377 g/mol. The molecular formula is C18H20ClN3O2S. The summed E-state index contributed by atoms with van der Waals surface area (Å²) in [4.78, 5) is 27.5. The first-order valence-electron chi connectivity index (χ1n) is 8.15. The van der Waals surface area contributed by atoms with E-state index in [-0.39, 0.29) is 17.9 Å². The van der Waals surface area contributed by atoms with E-state index in [2.05, 4.69) is 5.32 Å². The second-order valence-corrected chi connectivity index (χ2v) is 7.62. The standard InChI is InChI=1S/C18H20ClN3O2S/c1-11-7-12(9-20)10-22(11)18(24)13-4-5-14(19)15(8-13)21-17(23)16-3-2-6-25-16/h2-6,8,11-12H,7,9-10,20H2,1H3,(H,21,23). The van der Waals surface area contributed by atoms with Crippen molar-refractivity contribution in [2.24, 2.45) is 11.7 Å². The molecule has 0 radical (unpaired) electrons. The van der Waals surface area contributed by atoms with Gasteiger partial charge in [-0.2, -0.15) is 0 Å². The Morgan fingerprint density at radius 3 is 2.84 bits per heavy atom. The summed E-state index contributed by atoms with van der Waals surface area (Å²) >= 11 is 7.54. The summed E-state index contributed by atoms with van der Waals surface area (Å²) in [5.74, 6) is 0.0372. The molecule has 1 aromatic heterocycles. The van der Waals surface area contributed by atoms with Gasteiger partial charge in [0.2, 0.25) is 0 Å². The normalized spacial score (nSPS) is 19.9. The lowest BCUT2D eigenvalue weighted by atomic mass is 10.1. The van der Waals surface area contributed by atoms with E-state index in [9.17, 15) is 9.59 Å². The van der Waals surface area contributed by atoms with Crippen LogP contribution in [0.3, 0.4) is 0 Å². The van der Waals surface area contributed by atoms with E-state index in [1.54, 1.807) is 24.3 Å². The molecule has 0 aliphatic carbocycles. The average Bonchev–Trinajstić information content (AvgIpc) is 3.25. The van der Waals surface area contributed by atoms with Crippen LogP contribution in [-0.4, -0.2) is 35.8 Å². The van der Waals surface area contributed by atoms with Gasteiger partial charge in [0.05, 0.1) is 15.6 Å². The Labute approximate surface area is 155 Å². The fourth-order valence-electron chi connectivity index (χ4n) is 3.11. The van der Waals surface area contributed by atoms with E-state index >= 15 is 0 Å². The molecule has 2 amide bonds. The summed E-state index contributed by atoms with van der Waals surface area (Å²) < 4.78 is 0. The van der Waals surface area contributed by atoms with Gasteiger partial charge in [0.15, 0.2) is 0 Å². The molecule has 2 atom stereocenters. The van der Waals surface area contributed by atoms with Gasteiger partial charge >= 0.3 is 0 Å². The van der Waals surface area contributed by atoms with Gasteiger partial charge in [-0.1, -0.05) is 17.7 Å². The second kappa shape index (κ2) is 7.56. The molecule has 1 aliphatic heterocycles. The predicted octanol–water partition coefficient (Wildman–Crippen LogP) is 3.46. The molecule has 25 heavy (non-hydrogen) atoms. The van der Waals surface area contributed by atoms with Crippen molar-refractivity contribution in [1.29, 1.82) is 0 Å². The molecule has 5 nitrogen and oxygen atoms in total. The van der Waals surface area contributed by atoms with Crippen LogP contribution in [0.4, 0.5) is 5.69 Å². The molecule has 1 aliphatic rings. The lowest BCUT2D eigenvalue weighted by molar-refractivity contribution is 0.0743. The Kier molecular flexibility index (Phi) is 5.42. The maximum Gasteiger partial charge on any atom is 0.265 e. The average molecular weight is 378 g/mol. The smallest absolute Gasteiger partial charge is 0.265 e. The number of nitrogens with one attached hydrogen (secondary N) is 1. The van der Waals surface area contributed by atoms with Crippen LogP contribution in [0.1, 0.15) is 33.4 Å². The first-order valence-corrected chi connectivity index (χ1v) is 9.40. The van der Waals surface area contributed by atoms with Crippen LogP contribution in [0, 0.1) is 5.92 Å². The van der Waals surface area contributed by atoms with Crippen LogP contribution in [0.5, 0.6) is 0 Å². The summed E-state index contributed by atoms with van der Waals surface area (Å²) in [5, 5.41) is 5.01. The maximum absolute atomic E-state index is 12.8. The van der Waals surface area contributed by atoms with Crippen LogP contribution in [0.15, 0.2) is 35.7 Å². The first kappa shape index (κ1) is 17.9. The van der Waals surface area contributed by atoms with Crippen molar-refractivity contribution in [1.82, 2.24) is 4.90 Å². The molecule has 0 saturated carbocycles. The van der Waals surface area contributed by atoms with Crippen molar-refractivity contribution in [2.45, 2.75) is 19.4 Å². The van der Waals surface area contributed by atoms with Gasteiger partial charge < -0.3 is 16.0 Å². The number of rotatable bonds is 4. The summed E-state index contributed by atoms with van der Waals surface area (Å²) in [6.07, 6.45) is 0.914. The molecule has 1 fully saturated rings. The summed E-state index contributed by atoms with van der Waals surface area (Å²) in [5.41, 5.74) is 6.69. The first-order chi connectivity index (χ1) is 12.0. The Hall–Kier alpha value is -1.89. The summed E-state index contributed by atoms with van der Waals surface area (Å²) in [7, 11) is 0. The number of hydrogen-bond donors (Lipinski definition) is 2. The lowest BCUT2D eigenvalue weighted by Crippen LogP contribution is -2.34. The quantitative estimate of drug-likeness (QED) is 0.856. The largest absolute Gasteiger partial charge is 0.336 e. The van der Waals surface area contributed by atoms with E-state index in [1.807, 2.05) is 23.3 Å². The molecule has 7 heteroatoms. The third-order valence-electron chi connectivity index (χ3n) is 4.46. The highest BCUT2D eigenvalue weighted by Crippen LogP contribution is 2.28. The highest BCUT2D eigenvalue weighted by molar-refractivity contribution is 7.12. The van der Waals surface area contributed by atoms with Crippen molar-refractivity contribution in [3.8, 4) is 0 Å². The maximum atomic E-state index is 12.8. The van der Waals surface area contributed by atoms with Crippen LogP contribution in [-0.2, 0) is 0 Å². The fourth-order valence-corrected chi connectivity index (χ4v) is 3.89. The van der Waals surface area contributed by atoms with Gasteiger partial charge in [0.25, 0.3) is 11.8 Å². The number of carbonyl (C=O) groups is 2. The number of carbonyl (C=O) groups excluding carboxylic acids is 2. The molecule has 3 rings (SSSR count). The number of nitrogens with two attached hydrogens (primary N) is 1. The number of benzene rings is 1. The molecule has 2 heterocycles. The van der Waals surface area contributed by atoms with E-state index in [1.165, 1.54) is 11.3 Å². The fraction of sp³-hybridized carbons (Fsp3) is 0.333. The highest BCUT2D eigenvalue weighted by Gasteiger charge is 2.32. The highest BCUT2D eigenvalue weighted by atomic mass is 35.5. The van der Waals surface area contributed by atoms with Gasteiger partial charge in [0, 0.05) is 18.2 Å². The molecule has 1 aromatic carbocycles. The third kappa shape index (κ3) is 3.86. The minimum Gasteiger partial charge on any atom is -0.336 e. The number of likely N-dealkylation sites (tertiary alicyclic amines) is 1. The van der Waals surface area contributed by atoms with Crippen LogP contribution < -0.4 is 11.1 Å². The van der Waals surface area contributed by atoms with Gasteiger partial charge in [0.1, 0.15) is 0 Å². The van der Waals surface area contributed by atoms with E-state index in [0.717, 1.165) is 6.42 Å². The molecule has 3 N–H and O–H groups in total. The Morgan fingerprint density at radius 1 is 1.40 bits per heavy atom. The Bertz CT molecular complexity index is 779. The number of halogens is 1. The van der Waals surface area contributed by atoms with E-state index in [0.29, 0.717) is 40.2 Å². The number of anilines is 1. The van der Waals surface area contributed by atoms with Crippen molar-refractivity contribution >= 4 is 40.4 Å². The Morgan fingerprint density at radius 2 is 2.20 bits per heavy atom. The zero-order valence-corrected chi connectivity index (χ0v) is 15.4. The molecule has 2 aromatic rings. The van der Waals surface area contributed by atoms with Gasteiger partial charge in [-0.15, -0.1) is 11.3 Å². The predicted molar refractivity (Wildman–Crippen MR) is 101 cm³/mol. The second-order valence-electron chi connectivity index (χ2n) is 6.27. The molecule has 2 unspecified atom stereocenters. The van der Waals surface area contributed by atoms with Gasteiger partial charge in [-0.3, -0.25) is 9.59 Å². The topological polar surface area (TPSA) is 75.4 Å². The third-order valence-corrected chi connectivity index (χ3v) is 5.66. The molecule has 0 bridgehead atoms.